The van der Waals surface area contributed by atoms with Crippen molar-refractivity contribution < 1.29 is 18.0 Å². The van der Waals surface area contributed by atoms with Crippen molar-refractivity contribution in [3.05, 3.63) is 34.8 Å². The topological polar surface area (TPSA) is 111 Å². The standard InChI is InChI=1S/C34H55Cl2N7O4Si3/c1-32(2,3)48(10,11)44-18-25-27(46-49(12,13)33(4,5)6)28(47-50(14,15)34(7,8)9)31(45-25)42-20-39-26-29(42)37-19-38-30(26)43-24-17-22(36)21(35)16-23(24)40-41-43/h16-17,19-20,25,27-28,31H,18H2,1-15H3/t25-,27-,28-,31-/m1/s1. The smallest absolute Gasteiger partial charge is 0.192 e. The lowest BCUT2D eigenvalue weighted by atomic mass is 10.1. The summed E-state index contributed by atoms with van der Waals surface area (Å²) in [5.41, 5.74) is 2.34. The monoisotopic (exact) mass is 779 g/mol. The molecule has 1 aliphatic rings. The van der Waals surface area contributed by atoms with Gasteiger partial charge in [-0.1, -0.05) is 90.7 Å². The van der Waals surface area contributed by atoms with Gasteiger partial charge in [-0.2, -0.15) is 4.68 Å². The van der Waals surface area contributed by atoms with Crippen LogP contribution < -0.4 is 0 Å². The highest BCUT2D eigenvalue weighted by molar-refractivity contribution is 6.75. The third kappa shape index (κ3) is 7.38. The van der Waals surface area contributed by atoms with E-state index in [-0.39, 0.29) is 27.3 Å². The summed E-state index contributed by atoms with van der Waals surface area (Å²) in [4.78, 5) is 14.2. The summed E-state index contributed by atoms with van der Waals surface area (Å²) in [5, 5.41) is 9.42. The molecule has 0 N–H and O–H groups in total. The molecule has 3 aromatic heterocycles. The van der Waals surface area contributed by atoms with E-state index in [4.69, 9.17) is 51.2 Å². The Morgan fingerprint density at radius 2 is 1.32 bits per heavy atom. The van der Waals surface area contributed by atoms with Crippen molar-refractivity contribution in [3.8, 4) is 5.82 Å². The van der Waals surface area contributed by atoms with Crippen LogP contribution in [0.4, 0.5) is 0 Å². The van der Waals surface area contributed by atoms with Crippen LogP contribution in [0.25, 0.3) is 28.0 Å². The summed E-state index contributed by atoms with van der Waals surface area (Å²) in [5.74, 6) is 0.460. The van der Waals surface area contributed by atoms with Gasteiger partial charge in [0.25, 0.3) is 0 Å². The Hall–Kier alpha value is -1.76. The first-order valence-electron chi connectivity index (χ1n) is 17.3. The number of nitrogens with zero attached hydrogens (tertiary/aromatic N) is 7. The zero-order valence-electron chi connectivity index (χ0n) is 32.3. The molecular formula is C34H55Cl2N7O4Si3. The Morgan fingerprint density at radius 1 is 0.760 bits per heavy atom. The number of imidazole rings is 1. The van der Waals surface area contributed by atoms with Gasteiger partial charge in [-0.15, -0.1) is 5.10 Å². The van der Waals surface area contributed by atoms with Crippen LogP contribution in [0.5, 0.6) is 0 Å². The summed E-state index contributed by atoms with van der Waals surface area (Å²) < 4.78 is 32.2. The maximum Gasteiger partial charge on any atom is 0.192 e. The molecule has 0 unspecified atom stereocenters. The molecule has 4 heterocycles. The number of ether oxygens (including phenoxy) is 1. The van der Waals surface area contributed by atoms with E-state index in [0.29, 0.717) is 44.7 Å². The van der Waals surface area contributed by atoms with Gasteiger partial charge in [0.2, 0.25) is 0 Å². The molecule has 50 heavy (non-hydrogen) atoms. The van der Waals surface area contributed by atoms with E-state index >= 15 is 0 Å². The fourth-order valence-corrected chi connectivity index (χ4v) is 9.06. The lowest BCUT2D eigenvalue weighted by molar-refractivity contribution is -0.0470. The summed E-state index contributed by atoms with van der Waals surface area (Å²) in [6.07, 6.45) is 1.43. The van der Waals surface area contributed by atoms with Gasteiger partial charge in [0, 0.05) is 0 Å². The van der Waals surface area contributed by atoms with Gasteiger partial charge in [-0.25, -0.2) is 15.0 Å². The predicted octanol–water partition coefficient (Wildman–Crippen LogP) is 9.57. The van der Waals surface area contributed by atoms with Crippen LogP contribution in [-0.4, -0.2) is 84.4 Å². The summed E-state index contributed by atoms with van der Waals surface area (Å²) in [7, 11) is -6.80. The number of halogens is 2. The van der Waals surface area contributed by atoms with Gasteiger partial charge in [0.15, 0.2) is 48.2 Å². The fraction of sp³-hybridized carbons (Fsp3) is 0.676. The number of fused-ring (bicyclic) bond motifs is 2. The molecule has 4 atom stereocenters. The lowest BCUT2D eigenvalue weighted by Crippen LogP contribution is -2.54. The minimum absolute atomic E-state index is 0.0328. The second-order valence-corrected chi connectivity index (χ2v) is 33.2. The van der Waals surface area contributed by atoms with E-state index in [1.165, 1.54) is 6.33 Å². The quantitative estimate of drug-likeness (QED) is 0.153. The maximum atomic E-state index is 7.35. The van der Waals surface area contributed by atoms with E-state index in [9.17, 15) is 0 Å². The number of benzene rings is 1. The number of rotatable bonds is 9. The average Bonchev–Trinajstić information content (AvgIpc) is 3.66. The molecule has 0 spiro atoms. The van der Waals surface area contributed by atoms with Crippen LogP contribution in [0.1, 0.15) is 68.5 Å². The van der Waals surface area contributed by atoms with Crippen LogP contribution in [0.2, 0.25) is 64.4 Å². The highest BCUT2D eigenvalue weighted by atomic mass is 35.5. The molecular weight excluding hydrogens is 726 g/mol. The number of hydrogen-bond donors (Lipinski definition) is 0. The second-order valence-electron chi connectivity index (χ2n) is 18.1. The molecule has 1 aromatic carbocycles. The van der Waals surface area contributed by atoms with Gasteiger partial charge in [-0.3, -0.25) is 4.57 Å². The van der Waals surface area contributed by atoms with E-state index in [1.807, 2.05) is 4.57 Å². The van der Waals surface area contributed by atoms with Crippen LogP contribution in [0.3, 0.4) is 0 Å². The molecule has 16 heteroatoms. The van der Waals surface area contributed by atoms with E-state index < -0.39 is 37.3 Å². The third-order valence-electron chi connectivity index (χ3n) is 11.5. The van der Waals surface area contributed by atoms with E-state index in [1.54, 1.807) is 23.1 Å². The first kappa shape index (κ1) is 39.4. The molecule has 11 nitrogen and oxygen atoms in total. The first-order chi connectivity index (χ1) is 22.8. The van der Waals surface area contributed by atoms with Gasteiger partial charge in [0.05, 0.1) is 28.5 Å². The molecule has 0 radical (unpaired) electrons. The Labute approximate surface area is 310 Å². The largest absolute Gasteiger partial charge is 0.414 e. The van der Waals surface area contributed by atoms with Crippen LogP contribution in [-0.2, 0) is 18.0 Å². The molecule has 1 fully saturated rings. The Bertz CT molecular complexity index is 1860. The van der Waals surface area contributed by atoms with Crippen molar-refractivity contribution in [2.75, 3.05) is 6.61 Å². The van der Waals surface area contributed by atoms with Gasteiger partial charge >= 0.3 is 0 Å². The van der Waals surface area contributed by atoms with Crippen molar-refractivity contribution in [1.29, 1.82) is 0 Å². The molecule has 1 aliphatic heterocycles. The number of hydrogen-bond acceptors (Lipinski definition) is 9. The zero-order chi connectivity index (χ0) is 37.4. The minimum atomic E-state index is -2.36. The highest BCUT2D eigenvalue weighted by Crippen LogP contribution is 2.47. The van der Waals surface area contributed by atoms with Crippen molar-refractivity contribution >= 4 is 70.4 Å². The van der Waals surface area contributed by atoms with Gasteiger partial charge < -0.3 is 18.0 Å². The van der Waals surface area contributed by atoms with Crippen LogP contribution >= 0.6 is 23.2 Å². The van der Waals surface area contributed by atoms with Crippen molar-refractivity contribution in [2.24, 2.45) is 0 Å². The highest BCUT2D eigenvalue weighted by Gasteiger charge is 2.55. The van der Waals surface area contributed by atoms with Crippen LogP contribution in [0, 0.1) is 0 Å². The summed E-state index contributed by atoms with van der Waals surface area (Å²) in [6.45, 7) is 34.3. The first-order valence-corrected chi connectivity index (χ1v) is 26.8. The summed E-state index contributed by atoms with van der Waals surface area (Å²) >= 11 is 12.7. The molecule has 1 saturated heterocycles. The molecule has 5 rings (SSSR count). The van der Waals surface area contributed by atoms with Crippen molar-refractivity contribution in [1.82, 2.24) is 34.5 Å². The molecule has 0 saturated carbocycles. The normalized spacial score (nSPS) is 21.5. The van der Waals surface area contributed by atoms with E-state index in [0.717, 1.165) is 0 Å². The predicted molar refractivity (Wildman–Crippen MR) is 209 cm³/mol. The molecule has 0 bridgehead atoms. The van der Waals surface area contributed by atoms with Crippen molar-refractivity contribution in [3.63, 3.8) is 0 Å². The van der Waals surface area contributed by atoms with Gasteiger partial charge in [-0.05, 0) is 66.5 Å². The SMILES string of the molecule is CC(C)(C)[Si](C)(C)OC[C@H]1O[C@@H](n2cnc3c(-n4nnc5cc(Cl)c(Cl)cc54)ncnc32)[C@H](O[Si](C)(C)C(C)(C)C)[C@@H]1O[Si](C)(C)C(C)(C)C. The molecule has 4 aromatic rings. The fourth-order valence-electron chi connectivity index (χ4n) is 5.13. The van der Waals surface area contributed by atoms with Crippen LogP contribution in [0.15, 0.2) is 24.8 Å². The van der Waals surface area contributed by atoms with E-state index in [2.05, 4.69) is 117 Å². The lowest BCUT2D eigenvalue weighted by Gasteiger charge is -2.44. The third-order valence-corrected chi connectivity index (χ3v) is 25.6. The second kappa shape index (κ2) is 13.3. The van der Waals surface area contributed by atoms with Crippen molar-refractivity contribution in [2.45, 2.75) is 141 Å². The average molecular weight is 781 g/mol. The molecule has 0 aliphatic carbocycles. The Balaban J connectivity index is 1.65. The Morgan fingerprint density at radius 3 is 1.90 bits per heavy atom. The molecule has 276 valence electrons. The zero-order valence-corrected chi connectivity index (χ0v) is 36.9. The molecule has 0 amide bonds. The van der Waals surface area contributed by atoms with Gasteiger partial charge in [0.1, 0.15) is 30.2 Å². The minimum Gasteiger partial charge on any atom is -0.414 e. The Kier molecular flexibility index (Phi) is 10.5. The summed E-state index contributed by atoms with van der Waals surface area (Å²) in [6, 6.07) is 3.41. The number of aromatic nitrogens is 7. The maximum absolute atomic E-state index is 7.35.